The fourth-order valence-corrected chi connectivity index (χ4v) is 4.31. The highest BCUT2D eigenvalue weighted by molar-refractivity contribution is 5.79. The van der Waals surface area contributed by atoms with E-state index in [0.717, 1.165) is 25.7 Å². The van der Waals surface area contributed by atoms with E-state index < -0.39 is 0 Å². The zero-order chi connectivity index (χ0) is 18.9. The number of carbonyl (C=O) groups excluding carboxylic acids is 1. The summed E-state index contributed by atoms with van der Waals surface area (Å²) in [7, 11) is 0. The molecule has 26 heavy (non-hydrogen) atoms. The molecule has 0 aliphatic heterocycles. The van der Waals surface area contributed by atoms with Crippen molar-refractivity contribution in [2.75, 3.05) is 13.1 Å². The minimum atomic E-state index is 0.494. The first-order valence-electron chi connectivity index (χ1n) is 12.0. The van der Waals surface area contributed by atoms with Crippen molar-refractivity contribution in [3.63, 3.8) is 0 Å². The van der Waals surface area contributed by atoms with E-state index in [1.54, 1.807) is 0 Å². The van der Waals surface area contributed by atoms with Crippen molar-refractivity contribution in [2.45, 2.75) is 135 Å². The lowest BCUT2D eigenvalue weighted by Crippen LogP contribution is -2.39. The van der Waals surface area contributed by atoms with E-state index in [4.69, 9.17) is 0 Å². The number of rotatable bonds is 17. The molecule has 0 heterocycles. The molecule has 0 saturated heterocycles. The molecule has 0 aromatic heterocycles. The molecule has 1 rings (SSSR count). The highest BCUT2D eigenvalue weighted by Gasteiger charge is 2.23. The van der Waals surface area contributed by atoms with Crippen LogP contribution in [0.15, 0.2) is 0 Å². The van der Waals surface area contributed by atoms with Gasteiger partial charge in [0.05, 0.1) is 0 Å². The van der Waals surface area contributed by atoms with Gasteiger partial charge in [-0.05, 0) is 38.8 Å². The Bertz CT molecular complexity index is 300. The van der Waals surface area contributed by atoms with E-state index in [2.05, 4.69) is 18.7 Å². The fourth-order valence-electron chi connectivity index (χ4n) is 4.31. The second-order valence-electron chi connectivity index (χ2n) is 8.55. The number of carbonyl (C=O) groups is 1. The van der Waals surface area contributed by atoms with E-state index in [9.17, 15) is 4.79 Å². The summed E-state index contributed by atoms with van der Waals surface area (Å²) in [6.07, 6.45) is 23.4. The summed E-state index contributed by atoms with van der Waals surface area (Å²) in [5.74, 6) is 0.494. The maximum atomic E-state index is 11.6. The van der Waals surface area contributed by atoms with Crippen LogP contribution in [0.1, 0.15) is 129 Å². The van der Waals surface area contributed by atoms with Crippen LogP contribution in [0.5, 0.6) is 0 Å². The number of nitrogens with zero attached hydrogens (tertiary/aromatic N) is 1. The smallest absolute Gasteiger partial charge is 0.133 e. The van der Waals surface area contributed by atoms with Gasteiger partial charge in [-0.2, -0.15) is 0 Å². The van der Waals surface area contributed by atoms with Crippen molar-refractivity contribution in [3.05, 3.63) is 0 Å². The Balaban J connectivity index is 2.20. The molecule has 0 radical (unpaired) electrons. The molecule has 0 N–H and O–H groups in total. The average molecular weight is 366 g/mol. The number of unbranched alkanes of at least 4 members (excludes halogenated alkanes) is 12. The van der Waals surface area contributed by atoms with Crippen molar-refractivity contribution >= 4 is 5.78 Å². The van der Waals surface area contributed by atoms with Gasteiger partial charge in [-0.3, -0.25) is 4.79 Å². The first-order valence-corrected chi connectivity index (χ1v) is 12.0. The largest absolute Gasteiger partial charge is 0.300 e. The lowest BCUT2D eigenvalue weighted by Gasteiger charge is -2.34. The Morgan fingerprint density at radius 2 is 1.04 bits per heavy atom. The van der Waals surface area contributed by atoms with Crippen LogP contribution in [0.25, 0.3) is 0 Å². The van der Waals surface area contributed by atoms with E-state index in [-0.39, 0.29) is 0 Å². The van der Waals surface area contributed by atoms with E-state index in [1.165, 1.54) is 103 Å². The molecule has 0 spiro atoms. The van der Waals surface area contributed by atoms with Gasteiger partial charge in [0.1, 0.15) is 5.78 Å². The maximum Gasteiger partial charge on any atom is 0.133 e. The highest BCUT2D eigenvalue weighted by atomic mass is 16.1. The molecule has 0 aromatic carbocycles. The molecule has 1 aliphatic rings. The summed E-state index contributed by atoms with van der Waals surface area (Å²) in [5.41, 5.74) is 0. The standard InChI is InChI=1S/C24H47NO/c1-3-5-7-9-11-13-15-21-25(23-17-19-24(26)20-18-23)22-16-14-12-10-8-6-4-2/h23H,3-22H2,1-2H3. The summed E-state index contributed by atoms with van der Waals surface area (Å²) in [6.45, 7) is 7.11. The molecule has 154 valence electrons. The lowest BCUT2D eigenvalue weighted by atomic mass is 9.92. The molecule has 2 nitrogen and oxygen atoms in total. The minimum absolute atomic E-state index is 0.494. The Kier molecular flexibility index (Phi) is 15.3. The van der Waals surface area contributed by atoms with Gasteiger partial charge < -0.3 is 4.90 Å². The summed E-state index contributed by atoms with van der Waals surface area (Å²) in [6, 6.07) is 0.688. The Morgan fingerprint density at radius 1 is 0.654 bits per heavy atom. The molecule has 1 fully saturated rings. The molecule has 1 saturated carbocycles. The van der Waals surface area contributed by atoms with Crippen LogP contribution in [0.3, 0.4) is 0 Å². The molecule has 0 bridgehead atoms. The predicted molar refractivity (Wildman–Crippen MR) is 115 cm³/mol. The molecule has 1 aliphatic carbocycles. The van der Waals surface area contributed by atoms with Crippen LogP contribution in [0, 0.1) is 0 Å². The normalized spacial score (nSPS) is 15.9. The second kappa shape index (κ2) is 16.8. The molecule has 0 amide bonds. The van der Waals surface area contributed by atoms with E-state index >= 15 is 0 Å². The third kappa shape index (κ3) is 12.1. The van der Waals surface area contributed by atoms with Gasteiger partial charge >= 0.3 is 0 Å². The second-order valence-corrected chi connectivity index (χ2v) is 8.55. The van der Waals surface area contributed by atoms with Gasteiger partial charge in [-0.15, -0.1) is 0 Å². The minimum Gasteiger partial charge on any atom is -0.300 e. The summed E-state index contributed by atoms with van der Waals surface area (Å²) >= 11 is 0. The summed E-state index contributed by atoms with van der Waals surface area (Å²) in [4.78, 5) is 14.3. The van der Waals surface area contributed by atoms with Crippen LogP contribution < -0.4 is 0 Å². The number of ketones is 1. The molecular weight excluding hydrogens is 318 g/mol. The topological polar surface area (TPSA) is 20.3 Å². The molecule has 0 atom stereocenters. The van der Waals surface area contributed by atoms with Crippen LogP contribution in [0.2, 0.25) is 0 Å². The van der Waals surface area contributed by atoms with Crippen molar-refractivity contribution < 1.29 is 4.79 Å². The van der Waals surface area contributed by atoms with Crippen molar-refractivity contribution in [1.82, 2.24) is 4.90 Å². The zero-order valence-electron chi connectivity index (χ0n) is 18.1. The van der Waals surface area contributed by atoms with Crippen LogP contribution in [-0.2, 0) is 4.79 Å². The highest BCUT2D eigenvalue weighted by Crippen LogP contribution is 2.22. The van der Waals surface area contributed by atoms with Gasteiger partial charge in [-0.25, -0.2) is 0 Å². The van der Waals surface area contributed by atoms with Gasteiger partial charge in [0.2, 0.25) is 0 Å². The predicted octanol–water partition coefficient (Wildman–Crippen LogP) is 7.30. The third-order valence-corrected chi connectivity index (χ3v) is 6.13. The van der Waals surface area contributed by atoms with Crippen LogP contribution in [0.4, 0.5) is 0 Å². The average Bonchev–Trinajstić information content (AvgIpc) is 2.65. The van der Waals surface area contributed by atoms with E-state index in [1.807, 2.05) is 0 Å². The van der Waals surface area contributed by atoms with Gasteiger partial charge in [-0.1, -0.05) is 90.9 Å². The Labute approximate surface area is 164 Å². The summed E-state index contributed by atoms with van der Waals surface area (Å²) < 4.78 is 0. The first kappa shape index (κ1) is 23.7. The number of hydrogen-bond donors (Lipinski definition) is 0. The molecule has 0 unspecified atom stereocenters. The quantitative estimate of drug-likeness (QED) is 0.252. The van der Waals surface area contributed by atoms with Crippen molar-refractivity contribution in [2.24, 2.45) is 0 Å². The Hall–Kier alpha value is -0.370. The Morgan fingerprint density at radius 3 is 1.46 bits per heavy atom. The number of hydrogen-bond acceptors (Lipinski definition) is 2. The van der Waals surface area contributed by atoms with Crippen LogP contribution >= 0.6 is 0 Å². The zero-order valence-corrected chi connectivity index (χ0v) is 18.1. The lowest BCUT2D eigenvalue weighted by molar-refractivity contribution is -0.121. The number of Topliss-reactive ketones (excluding diaryl/α,β-unsaturated/α-hetero) is 1. The first-order chi connectivity index (χ1) is 12.8. The molecule has 2 heteroatoms. The maximum absolute atomic E-state index is 11.6. The molecule has 0 aromatic rings. The van der Waals surface area contributed by atoms with Gasteiger partial charge in [0, 0.05) is 18.9 Å². The van der Waals surface area contributed by atoms with Crippen molar-refractivity contribution in [3.8, 4) is 0 Å². The fraction of sp³-hybridized carbons (Fsp3) is 0.958. The van der Waals surface area contributed by atoms with E-state index in [0.29, 0.717) is 11.8 Å². The monoisotopic (exact) mass is 365 g/mol. The van der Waals surface area contributed by atoms with Gasteiger partial charge in [0.15, 0.2) is 0 Å². The van der Waals surface area contributed by atoms with Crippen molar-refractivity contribution in [1.29, 1.82) is 0 Å². The SMILES string of the molecule is CCCCCCCCCN(CCCCCCCCC)C1CCC(=O)CC1. The molecular formula is C24H47NO. The summed E-state index contributed by atoms with van der Waals surface area (Å²) in [5, 5.41) is 0. The van der Waals surface area contributed by atoms with Crippen LogP contribution in [-0.4, -0.2) is 29.8 Å². The van der Waals surface area contributed by atoms with Gasteiger partial charge in [0.25, 0.3) is 0 Å². The third-order valence-electron chi connectivity index (χ3n) is 6.13.